The van der Waals surface area contributed by atoms with E-state index in [4.69, 9.17) is 5.73 Å². The van der Waals surface area contributed by atoms with Crippen molar-refractivity contribution in [2.75, 3.05) is 19.4 Å². The molecule has 5 N–H and O–H groups in total. The molecule has 8 heteroatoms. The van der Waals surface area contributed by atoms with Gasteiger partial charge < -0.3 is 20.9 Å². The second kappa shape index (κ2) is 6.19. The average Bonchev–Trinajstić information content (AvgIpc) is 2.76. The first-order valence-electron chi connectivity index (χ1n) is 5.76. The number of amides is 1. The second-order valence-corrected chi connectivity index (χ2v) is 4.30. The molecule has 1 unspecified atom stereocenters. The number of aliphatic hydroxyl groups is 1. The van der Waals surface area contributed by atoms with Gasteiger partial charge in [-0.25, -0.2) is 4.79 Å². The summed E-state index contributed by atoms with van der Waals surface area (Å²) in [5.41, 5.74) is 6.76. The first kappa shape index (κ1) is 15.0. The predicted octanol–water partition coefficient (Wildman–Crippen LogP) is -0.621. The highest BCUT2D eigenvalue weighted by molar-refractivity contribution is 5.97. The Balaban J connectivity index is 2.67. The van der Waals surface area contributed by atoms with Gasteiger partial charge in [-0.1, -0.05) is 13.8 Å². The van der Waals surface area contributed by atoms with Crippen LogP contribution in [-0.4, -0.2) is 46.9 Å². The smallest absolute Gasteiger partial charge is 0.336 e. The first-order chi connectivity index (χ1) is 8.88. The van der Waals surface area contributed by atoms with Crippen molar-refractivity contribution in [1.29, 1.82) is 0 Å². The van der Waals surface area contributed by atoms with E-state index in [2.05, 4.69) is 20.3 Å². The number of methoxy groups -OCH3 is 1. The predicted molar refractivity (Wildman–Crippen MR) is 67.4 cm³/mol. The van der Waals surface area contributed by atoms with E-state index in [9.17, 15) is 14.7 Å². The molecule has 0 aliphatic heterocycles. The van der Waals surface area contributed by atoms with Gasteiger partial charge in [0.15, 0.2) is 11.8 Å². The van der Waals surface area contributed by atoms with Crippen LogP contribution in [0.3, 0.4) is 0 Å². The number of rotatable bonds is 5. The normalized spacial score (nSPS) is 12.3. The van der Waals surface area contributed by atoms with E-state index in [0.717, 1.165) is 7.11 Å². The Labute approximate surface area is 110 Å². The molecule has 0 spiro atoms. The summed E-state index contributed by atoms with van der Waals surface area (Å²) in [7, 11) is 1.15. The van der Waals surface area contributed by atoms with E-state index < -0.39 is 18.0 Å². The number of hydrogen-bond donors (Lipinski definition) is 4. The standard InChI is InChI=1S/C11H18N4O4/c1-5(2)8-7(12)9(15-14-8)10(17)13-4-6(16)11(18)19-3/h5-6,16H,4,12H2,1-3H3,(H,13,17)(H,14,15). The summed E-state index contributed by atoms with van der Waals surface area (Å²) in [6, 6.07) is 0. The van der Waals surface area contributed by atoms with E-state index in [1.165, 1.54) is 0 Å². The Bertz CT molecular complexity index is 469. The van der Waals surface area contributed by atoms with Gasteiger partial charge in [0, 0.05) is 0 Å². The summed E-state index contributed by atoms with van der Waals surface area (Å²) in [6.45, 7) is 3.55. The zero-order valence-corrected chi connectivity index (χ0v) is 11.1. The topological polar surface area (TPSA) is 130 Å². The Morgan fingerprint density at radius 3 is 2.63 bits per heavy atom. The zero-order valence-electron chi connectivity index (χ0n) is 11.1. The number of hydrogen-bond acceptors (Lipinski definition) is 6. The lowest BCUT2D eigenvalue weighted by Gasteiger charge is -2.09. The number of carbonyl (C=O) groups is 2. The Morgan fingerprint density at radius 1 is 1.53 bits per heavy atom. The summed E-state index contributed by atoms with van der Waals surface area (Å²) in [6.07, 6.45) is -1.42. The van der Waals surface area contributed by atoms with Gasteiger partial charge >= 0.3 is 5.97 Å². The number of aliphatic hydroxyl groups excluding tert-OH is 1. The molecule has 0 saturated carbocycles. The third kappa shape index (κ3) is 3.44. The fraction of sp³-hybridized carbons (Fsp3) is 0.545. The number of nitrogens with two attached hydrogens (primary N) is 1. The van der Waals surface area contributed by atoms with Crippen LogP contribution in [0.25, 0.3) is 0 Å². The Morgan fingerprint density at radius 2 is 2.16 bits per heavy atom. The SMILES string of the molecule is COC(=O)C(O)CNC(=O)c1n[nH]c(C(C)C)c1N. The maximum Gasteiger partial charge on any atom is 0.336 e. The molecule has 1 aromatic heterocycles. The van der Waals surface area contributed by atoms with Gasteiger partial charge in [0.25, 0.3) is 5.91 Å². The maximum atomic E-state index is 11.8. The van der Waals surface area contributed by atoms with Crippen molar-refractivity contribution >= 4 is 17.6 Å². The van der Waals surface area contributed by atoms with Crippen LogP contribution < -0.4 is 11.1 Å². The highest BCUT2D eigenvalue weighted by atomic mass is 16.5. The van der Waals surface area contributed by atoms with Crippen molar-refractivity contribution < 1.29 is 19.4 Å². The molecule has 1 aromatic rings. The fourth-order valence-corrected chi connectivity index (χ4v) is 1.47. The molecule has 1 amide bonds. The van der Waals surface area contributed by atoms with Crippen LogP contribution in [0.15, 0.2) is 0 Å². The number of esters is 1. The minimum atomic E-state index is -1.42. The number of anilines is 1. The van der Waals surface area contributed by atoms with E-state index in [-0.39, 0.29) is 23.8 Å². The number of H-pyrrole nitrogens is 1. The molecular formula is C11H18N4O4. The van der Waals surface area contributed by atoms with E-state index in [1.54, 1.807) is 0 Å². The highest BCUT2D eigenvalue weighted by Gasteiger charge is 2.21. The van der Waals surface area contributed by atoms with Crippen LogP contribution in [0.2, 0.25) is 0 Å². The molecule has 0 radical (unpaired) electrons. The minimum absolute atomic E-state index is 0.0424. The number of aromatic nitrogens is 2. The van der Waals surface area contributed by atoms with Crippen molar-refractivity contribution in [1.82, 2.24) is 15.5 Å². The lowest BCUT2D eigenvalue weighted by Crippen LogP contribution is -2.37. The monoisotopic (exact) mass is 270 g/mol. The summed E-state index contributed by atoms with van der Waals surface area (Å²) in [5.74, 6) is -1.28. The fourth-order valence-electron chi connectivity index (χ4n) is 1.47. The van der Waals surface area contributed by atoms with Crippen LogP contribution in [-0.2, 0) is 9.53 Å². The quantitative estimate of drug-likeness (QED) is 0.527. The number of carbonyl (C=O) groups excluding carboxylic acids is 2. The summed E-state index contributed by atoms with van der Waals surface area (Å²) in [5, 5.41) is 18.2. The van der Waals surface area contributed by atoms with Crippen molar-refractivity contribution in [3.63, 3.8) is 0 Å². The molecule has 106 valence electrons. The summed E-state index contributed by atoms with van der Waals surface area (Å²) < 4.78 is 4.32. The van der Waals surface area contributed by atoms with Gasteiger partial charge in [0.05, 0.1) is 25.0 Å². The van der Waals surface area contributed by atoms with Crippen LogP contribution in [0, 0.1) is 0 Å². The van der Waals surface area contributed by atoms with Crippen LogP contribution >= 0.6 is 0 Å². The van der Waals surface area contributed by atoms with Gasteiger partial charge in [-0.05, 0) is 5.92 Å². The second-order valence-electron chi connectivity index (χ2n) is 4.30. The molecule has 0 aliphatic carbocycles. The molecule has 1 atom stereocenters. The number of ether oxygens (including phenoxy) is 1. The number of nitrogens with zero attached hydrogens (tertiary/aromatic N) is 1. The van der Waals surface area contributed by atoms with Crippen LogP contribution in [0.1, 0.15) is 35.9 Å². The minimum Gasteiger partial charge on any atom is -0.467 e. The number of aromatic amines is 1. The average molecular weight is 270 g/mol. The third-order valence-corrected chi connectivity index (χ3v) is 2.56. The maximum absolute atomic E-state index is 11.8. The van der Waals surface area contributed by atoms with E-state index in [1.807, 2.05) is 13.8 Å². The van der Waals surface area contributed by atoms with E-state index >= 15 is 0 Å². The van der Waals surface area contributed by atoms with Gasteiger partial charge in [-0.15, -0.1) is 0 Å². The van der Waals surface area contributed by atoms with Crippen molar-refractivity contribution in [3.8, 4) is 0 Å². The summed E-state index contributed by atoms with van der Waals surface area (Å²) >= 11 is 0. The Hall–Kier alpha value is -2.09. The van der Waals surface area contributed by atoms with Crippen LogP contribution in [0.5, 0.6) is 0 Å². The molecule has 0 bridgehead atoms. The summed E-state index contributed by atoms with van der Waals surface area (Å²) in [4.78, 5) is 22.7. The molecule has 1 rings (SSSR count). The largest absolute Gasteiger partial charge is 0.467 e. The molecule has 0 aromatic carbocycles. The van der Waals surface area contributed by atoms with Gasteiger partial charge in [0.2, 0.25) is 0 Å². The van der Waals surface area contributed by atoms with Crippen LogP contribution in [0.4, 0.5) is 5.69 Å². The zero-order chi connectivity index (χ0) is 14.6. The molecule has 8 nitrogen and oxygen atoms in total. The lowest BCUT2D eigenvalue weighted by molar-refractivity contribution is -0.149. The lowest BCUT2D eigenvalue weighted by atomic mass is 10.1. The van der Waals surface area contributed by atoms with E-state index in [0.29, 0.717) is 5.69 Å². The molecule has 0 aliphatic rings. The van der Waals surface area contributed by atoms with Crippen molar-refractivity contribution in [3.05, 3.63) is 11.4 Å². The molecule has 19 heavy (non-hydrogen) atoms. The van der Waals surface area contributed by atoms with Gasteiger partial charge in [-0.3, -0.25) is 9.89 Å². The molecule has 0 saturated heterocycles. The Kier molecular flexibility index (Phi) is 4.87. The van der Waals surface area contributed by atoms with Crippen molar-refractivity contribution in [2.45, 2.75) is 25.9 Å². The first-order valence-corrected chi connectivity index (χ1v) is 5.76. The molecule has 1 heterocycles. The third-order valence-electron chi connectivity index (χ3n) is 2.56. The number of nitrogens with one attached hydrogen (secondary N) is 2. The molecule has 0 fully saturated rings. The van der Waals surface area contributed by atoms with Crippen molar-refractivity contribution in [2.24, 2.45) is 0 Å². The molecular weight excluding hydrogens is 252 g/mol. The van der Waals surface area contributed by atoms with Gasteiger partial charge in [-0.2, -0.15) is 5.10 Å². The number of nitrogen functional groups attached to an aromatic ring is 1. The highest BCUT2D eigenvalue weighted by Crippen LogP contribution is 2.21. The van der Waals surface area contributed by atoms with Gasteiger partial charge in [0.1, 0.15) is 0 Å².